The molecule has 1 atom stereocenters. The fourth-order valence-electron chi connectivity index (χ4n) is 3.49. The summed E-state index contributed by atoms with van der Waals surface area (Å²) in [7, 11) is 0. The Bertz CT molecular complexity index is 726. The van der Waals surface area contributed by atoms with Crippen molar-refractivity contribution in [1.82, 2.24) is 9.47 Å². The normalized spacial score (nSPS) is 20.1. The van der Waals surface area contributed by atoms with Crippen LogP contribution in [0.5, 0.6) is 0 Å². The summed E-state index contributed by atoms with van der Waals surface area (Å²) in [5.74, 6) is 0.123. The summed E-state index contributed by atoms with van der Waals surface area (Å²) < 4.78 is 2.14. The van der Waals surface area contributed by atoms with Gasteiger partial charge in [0.1, 0.15) is 0 Å². The Morgan fingerprint density at radius 3 is 2.50 bits per heavy atom. The molecule has 1 fully saturated rings. The SMILES string of the molecule is Cc1cc(C(=O)N2CCC(C)(CN)C2)c(C)n1-c1ccccc1.Cl. The lowest BCUT2D eigenvalue weighted by Crippen LogP contribution is -2.34. The largest absolute Gasteiger partial charge is 0.338 e. The summed E-state index contributed by atoms with van der Waals surface area (Å²) in [6.07, 6.45) is 0.979. The molecule has 2 heterocycles. The first kappa shape index (κ1) is 18.6. The summed E-state index contributed by atoms with van der Waals surface area (Å²) in [4.78, 5) is 14.9. The minimum atomic E-state index is 0. The molecule has 1 aromatic heterocycles. The van der Waals surface area contributed by atoms with Gasteiger partial charge in [0.25, 0.3) is 5.91 Å². The van der Waals surface area contributed by atoms with E-state index in [1.54, 1.807) is 0 Å². The van der Waals surface area contributed by atoms with E-state index >= 15 is 0 Å². The standard InChI is InChI=1S/C19H25N3O.ClH/c1-14-11-17(15(2)22(14)16-7-5-4-6-8-16)18(23)21-10-9-19(3,12-20)13-21;/h4-8,11H,9-10,12-13,20H2,1-3H3;1H. The highest BCUT2D eigenvalue weighted by molar-refractivity contribution is 5.96. The molecule has 1 aliphatic rings. The molecule has 2 aromatic rings. The Kier molecular flexibility index (Phi) is 5.41. The smallest absolute Gasteiger partial charge is 0.255 e. The summed E-state index contributed by atoms with van der Waals surface area (Å²) in [5, 5.41) is 0. The van der Waals surface area contributed by atoms with Crippen LogP contribution >= 0.6 is 12.4 Å². The fourth-order valence-corrected chi connectivity index (χ4v) is 3.49. The van der Waals surface area contributed by atoms with Crippen molar-refractivity contribution in [3.8, 4) is 5.69 Å². The Morgan fingerprint density at radius 1 is 1.25 bits per heavy atom. The van der Waals surface area contributed by atoms with Gasteiger partial charge in [-0.3, -0.25) is 4.79 Å². The predicted octanol–water partition coefficient (Wildman–Crippen LogP) is 3.33. The molecule has 0 aliphatic carbocycles. The highest BCUT2D eigenvalue weighted by atomic mass is 35.5. The van der Waals surface area contributed by atoms with Crippen molar-refractivity contribution in [1.29, 1.82) is 0 Å². The van der Waals surface area contributed by atoms with Gasteiger partial charge in [0.15, 0.2) is 0 Å². The van der Waals surface area contributed by atoms with Gasteiger partial charge >= 0.3 is 0 Å². The van der Waals surface area contributed by atoms with E-state index in [9.17, 15) is 4.79 Å². The van der Waals surface area contributed by atoms with Crippen molar-refractivity contribution in [2.24, 2.45) is 11.1 Å². The molecule has 1 aromatic carbocycles. The number of rotatable bonds is 3. The number of hydrogen-bond acceptors (Lipinski definition) is 2. The van der Waals surface area contributed by atoms with Gasteiger partial charge in [-0.25, -0.2) is 0 Å². The zero-order valence-corrected chi connectivity index (χ0v) is 15.4. The third-order valence-electron chi connectivity index (χ3n) is 5.01. The quantitative estimate of drug-likeness (QED) is 0.925. The van der Waals surface area contributed by atoms with Crippen molar-refractivity contribution in [3.63, 3.8) is 0 Å². The maximum absolute atomic E-state index is 12.9. The maximum Gasteiger partial charge on any atom is 0.255 e. The molecule has 24 heavy (non-hydrogen) atoms. The van der Waals surface area contributed by atoms with E-state index in [0.29, 0.717) is 6.54 Å². The van der Waals surface area contributed by atoms with E-state index in [4.69, 9.17) is 5.73 Å². The lowest BCUT2D eigenvalue weighted by molar-refractivity contribution is 0.0776. The maximum atomic E-state index is 12.9. The highest BCUT2D eigenvalue weighted by Gasteiger charge is 2.36. The molecular weight excluding hydrogens is 322 g/mol. The number of carbonyl (C=O) groups excluding carboxylic acids is 1. The zero-order chi connectivity index (χ0) is 16.6. The van der Waals surface area contributed by atoms with Gasteiger partial charge < -0.3 is 15.2 Å². The molecular formula is C19H26ClN3O. The Hall–Kier alpha value is -1.78. The lowest BCUT2D eigenvalue weighted by Gasteiger charge is -2.22. The summed E-state index contributed by atoms with van der Waals surface area (Å²) >= 11 is 0. The van der Waals surface area contributed by atoms with Gasteiger partial charge in [0, 0.05) is 30.2 Å². The van der Waals surface area contributed by atoms with E-state index in [-0.39, 0.29) is 23.7 Å². The topological polar surface area (TPSA) is 51.3 Å². The second kappa shape index (κ2) is 6.99. The molecule has 5 heteroatoms. The number of aryl methyl sites for hydroxylation is 1. The van der Waals surface area contributed by atoms with Gasteiger partial charge in [-0.15, -0.1) is 12.4 Å². The average Bonchev–Trinajstić information content (AvgIpc) is 3.09. The van der Waals surface area contributed by atoms with E-state index in [0.717, 1.165) is 42.1 Å². The van der Waals surface area contributed by atoms with Crippen LogP contribution in [0, 0.1) is 19.3 Å². The van der Waals surface area contributed by atoms with Gasteiger partial charge in [-0.05, 0) is 50.4 Å². The van der Waals surface area contributed by atoms with Crippen molar-refractivity contribution in [2.75, 3.05) is 19.6 Å². The van der Waals surface area contributed by atoms with Crippen LogP contribution in [0.2, 0.25) is 0 Å². The second-order valence-electron chi connectivity index (χ2n) is 6.95. The number of halogens is 1. The Labute approximate surface area is 150 Å². The number of carbonyl (C=O) groups is 1. The summed E-state index contributed by atoms with van der Waals surface area (Å²) in [6.45, 7) is 8.39. The van der Waals surface area contributed by atoms with Crippen LogP contribution in [0.15, 0.2) is 36.4 Å². The molecule has 2 N–H and O–H groups in total. The molecule has 1 unspecified atom stereocenters. The van der Waals surface area contributed by atoms with Gasteiger partial charge in [0.2, 0.25) is 0 Å². The Balaban J connectivity index is 0.00000208. The van der Waals surface area contributed by atoms with Crippen LogP contribution in [0.1, 0.15) is 35.1 Å². The molecule has 0 spiro atoms. The number of likely N-dealkylation sites (tertiary alicyclic amines) is 1. The van der Waals surface area contributed by atoms with Crippen molar-refractivity contribution in [3.05, 3.63) is 53.3 Å². The van der Waals surface area contributed by atoms with Crippen LogP contribution in [0.25, 0.3) is 5.69 Å². The Morgan fingerprint density at radius 2 is 1.92 bits per heavy atom. The number of nitrogens with two attached hydrogens (primary N) is 1. The van der Waals surface area contributed by atoms with Gasteiger partial charge in [0.05, 0.1) is 5.56 Å². The number of amides is 1. The first-order chi connectivity index (χ1) is 10.9. The summed E-state index contributed by atoms with van der Waals surface area (Å²) in [6, 6.07) is 12.2. The van der Waals surface area contributed by atoms with Crippen molar-refractivity contribution >= 4 is 18.3 Å². The zero-order valence-electron chi connectivity index (χ0n) is 14.6. The van der Waals surface area contributed by atoms with Crippen molar-refractivity contribution in [2.45, 2.75) is 27.2 Å². The average molecular weight is 348 g/mol. The van der Waals surface area contributed by atoms with E-state index in [2.05, 4.69) is 23.6 Å². The summed E-state index contributed by atoms with van der Waals surface area (Å²) in [5.41, 5.74) is 9.89. The highest BCUT2D eigenvalue weighted by Crippen LogP contribution is 2.31. The molecule has 1 aliphatic heterocycles. The lowest BCUT2D eigenvalue weighted by atomic mass is 9.90. The number of benzene rings is 1. The number of hydrogen-bond donors (Lipinski definition) is 1. The van der Waals surface area contributed by atoms with E-state index < -0.39 is 0 Å². The van der Waals surface area contributed by atoms with E-state index in [1.807, 2.05) is 43.0 Å². The molecule has 1 saturated heterocycles. The third kappa shape index (κ3) is 3.21. The van der Waals surface area contributed by atoms with Crippen LogP contribution in [-0.2, 0) is 0 Å². The minimum absolute atomic E-state index is 0. The van der Waals surface area contributed by atoms with Crippen LogP contribution in [0.4, 0.5) is 0 Å². The molecule has 0 bridgehead atoms. The van der Waals surface area contributed by atoms with Gasteiger partial charge in [-0.2, -0.15) is 0 Å². The molecule has 0 radical (unpaired) electrons. The molecule has 1 amide bonds. The molecule has 0 saturated carbocycles. The number of nitrogens with zero attached hydrogens (tertiary/aromatic N) is 2. The first-order valence-corrected chi connectivity index (χ1v) is 8.19. The molecule has 130 valence electrons. The number of para-hydroxylation sites is 1. The van der Waals surface area contributed by atoms with Crippen molar-refractivity contribution < 1.29 is 4.79 Å². The number of aromatic nitrogens is 1. The predicted molar refractivity (Wildman–Crippen MR) is 100 cm³/mol. The van der Waals surface area contributed by atoms with Gasteiger partial charge in [-0.1, -0.05) is 25.1 Å². The van der Waals surface area contributed by atoms with Crippen LogP contribution in [-0.4, -0.2) is 35.0 Å². The fraction of sp³-hybridized carbons (Fsp3) is 0.421. The van der Waals surface area contributed by atoms with Crippen LogP contribution < -0.4 is 5.73 Å². The monoisotopic (exact) mass is 347 g/mol. The molecule has 3 rings (SSSR count). The van der Waals surface area contributed by atoms with Crippen LogP contribution in [0.3, 0.4) is 0 Å². The third-order valence-corrected chi connectivity index (χ3v) is 5.01. The molecule has 4 nitrogen and oxygen atoms in total. The van der Waals surface area contributed by atoms with E-state index in [1.165, 1.54) is 0 Å². The second-order valence-corrected chi connectivity index (χ2v) is 6.95. The minimum Gasteiger partial charge on any atom is -0.338 e. The first-order valence-electron chi connectivity index (χ1n) is 8.19.